The van der Waals surface area contributed by atoms with E-state index >= 15 is 0 Å². The van der Waals surface area contributed by atoms with Gasteiger partial charge in [-0.3, -0.25) is 0 Å². The van der Waals surface area contributed by atoms with Crippen molar-refractivity contribution in [3.63, 3.8) is 0 Å². The van der Waals surface area contributed by atoms with Gasteiger partial charge in [-0.1, -0.05) is 12.1 Å². The lowest BCUT2D eigenvalue weighted by molar-refractivity contribution is 0.0697. The van der Waals surface area contributed by atoms with Gasteiger partial charge in [-0.25, -0.2) is 4.79 Å². The number of rotatable bonds is 3. The molecule has 1 heterocycles. The summed E-state index contributed by atoms with van der Waals surface area (Å²) < 4.78 is 5.42. The van der Waals surface area contributed by atoms with Crippen molar-refractivity contribution in [2.24, 2.45) is 0 Å². The monoisotopic (exact) mass is 268 g/mol. The number of fused-ring (bicyclic) bond motifs is 1. The minimum Gasteiger partial charge on any atom is -0.478 e. The first kappa shape index (κ1) is 12.1. The Bertz CT molecular complexity index is 793. The third-order valence-corrected chi connectivity index (χ3v) is 3.05. The van der Waals surface area contributed by atoms with Gasteiger partial charge in [-0.2, -0.15) is 0 Å². The maximum atomic E-state index is 11.0. The fourth-order valence-corrected chi connectivity index (χ4v) is 2.02. The number of carboxylic acids is 1. The van der Waals surface area contributed by atoms with Crippen LogP contribution in [0, 0.1) is 0 Å². The highest BCUT2D eigenvalue weighted by molar-refractivity contribution is 5.95. The molecule has 3 aromatic rings. The largest absolute Gasteiger partial charge is 0.478 e. The Morgan fingerprint density at radius 2 is 1.95 bits per heavy atom. The second-order valence-electron chi connectivity index (χ2n) is 4.38. The highest BCUT2D eigenvalue weighted by Gasteiger charge is 2.10. The zero-order chi connectivity index (χ0) is 14.1. The van der Waals surface area contributed by atoms with Gasteiger partial charge in [-0.15, -0.1) is 0 Å². The van der Waals surface area contributed by atoms with E-state index in [2.05, 4.69) is 5.32 Å². The topological polar surface area (TPSA) is 88.5 Å². The highest BCUT2D eigenvalue weighted by Crippen LogP contribution is 2.31. The third-order valence-electron chi connectivity index (χ3n) is 3.05. The van der Waals surface area contributed by atoms with Crippen LogP contribution in [-0.2, 0) is 0 Å². The summed E-state index contributed by atoms with van der Waals surface area (Å²) in [5, 5.41) is 13.0. The van der Waals surface area contributed by atoms with E-state index in [4.69, 9.17) is 15.3 Å². The second-order valence-corrected chi connectivity index (χ2v) is 4.38. The van der Waals surface area contributed by atoms with Gasteiger partial charge in [0.05, 0.1) is 22.6 Å². The average molecular weight is 268 g/mol. The average Bonchev–Trinajstić information content (AvgIpc) is 2.84. The first-order chi connectivity index (χ1) is 9.65. The number of hydrogen-bond donors (Lipinski definition) is 3. The summed E-state index contributed by atoms with van der Waals surface area (Å²) in [4.78, 5) is 11.0. The van der Waals surface area contributed by atoms with Crippen molar-refractivity contribution in [1.82, 2.24) is 0 Å². The second kappa shape index (κ2) is 4.62. The van der Waals surface area contributed by atoms with Crippen LogP contribution in [0.5, 0.6) is 0 Å². The van der Waals surface area contributed by atoms with Crippen LogP contribution < -0.4 is 11.1 Å². The normalized spacial score (nSPS) is 10.6. The SMILES string of the molecule is Nc1ccc(C(=O)O)cc1Nc1coc2ccccc12. The summed E-state index contributed by atoms with van der Waals surface area (Å²) in [6.45, 7) is 0. The smallest absolute Gasteiger partial charge is 0.335 e. The number of benzene rings is 2. The fourth-order valence-electron chi connectivity index (χ4n) is 2.02. The maximum Gasteiger partial charge on any atom is 0.335 e. The zero-order valence-corrected chi connectivity index (χ0v) is 10.5. The van der Waals surface area contributed by atoms with Gasteiger partial charge in [0.25, 0.3) is 0 Å². The minimum absolute atomic E-state index is 0.175. The van der Waals surface area contributed by atoms with Crippen LogP contribution >= 0.6 is 0 Å². The summed E-state index contributed by atoms with van der Waals surface area (Å²) in [5.74, 6) is -0.995. The van der Waals surface area contributed by atoms with Crippen LogP contribution in [0.2, 0.25) is 0 Å². The van der Waals surface area contributed by atoms with E-state index in [0.717, 1.165) is 16.7 Å². The number of para-hydroxylation sites is 1. The molecule has 0 aliphatic rings. The molecule has 0 spiro atoms. The molecule has 0 atom stereocenters. The number of nitrogens with one attached hydrogen (secondary N) is 1. The lowest BCUT2D eigenvalue weighted by Crippen LogP contribution is -2.01. The molecule has 0 saturated carbocycles. The molecule has 5 heteroatoms. The lowest BCUT2D eigenvalue weighted by Gasteiger charge is -2.08. The number of carboxylic acid groups (broad SMARTS) is 1. The van der Waals surface area contributed by atoms with Crippen molar-refractivity contribution >= 4 is 34.0 Å². The predicted molar refractivity (Wildman–Crippen MR) is 77.3 cm³/mol. The molecule has 1 aromatic heterocycles. The Hall–Kier alpha value is -2.95. The molecule has 4 N–H and O–H groups in total. The van der Waals surface area contributed by atoms with Gasteiger partial charge < -0.3 is 20.6 Å². The molecule has 0 radical (unpaired) electrons. The molecule has 3 rings (SSSR count). The summed E-state index contributed by atoms with van der Waals surface area (Å²) in [7, 11) is 0. The molecular formula is C15H12N2O3. The molecule has 0 aliphatic heterocycles. The molecule has 20 heavy (non-hydrogen) atoms. The summed E-state index contributed by atoms with van der Waals surface area (Å²) in [6.07, 6.45) is 1.58. The molecule has 5 nitrogen and oxygen atoms in total. The summed E-state index contributed by atoms with van der Waals surface area (Å²) in [5.41, 5.74) is 8.55. The lowest BCUT2D eigenvalue weighted by atomic mass is 10.1. The Labute approximate surface area is 114 Å². The van der Waals surface area contributed by atoms with Gasteiger partial charge in [0, 0.05) is 5.39 Å². The Kier molecular flexibility index (Phi) is 2.80. The van der Waals surface area contributed by atoms with E-state index in [0.29, 0.717) is 11.4 Å². The number of carbonyl (C=O) groups is 1. The molecule has 0 fully saturated rings. The molecule has 2 aromatic carbocycles. The van der Waals surface area contributed by atoms with E-state index in [1.807, 2.05) is 24.3 Å². The van der Waals surface area contributed by atoms with Gasteiger partial charge in [0.1, 0.15) is 11.8 Å². The molecule has 0 amide bonds. The van der Waals surface area contributed by atoms with Crippen LogP contribution in [0.25, 0.3) is 11.0 Å². The van der Waals surface area contributed by atoms with Crippen molar-refractivity contribution < 1.29 is 14.3 Å². The van der Waals surface area contributed by atoms with Crippen molar-refractivity contribution in [2.45, 2.75) is 0 Å². The van der Waals surface area contributed by atoms with Gasteiger partial charge in [-0.05, 0) is 30.3 Å². The highest BCUT2D eigenvalue weighted by atomic mass is 16.4. The molecule has 0 bridgehead atoms. The number of nitrogens with two attached hydrogens (primary N) is 1. The Balaban J connectivity index is 2.02. The van der Waals surface area contributed by atoms with E-state index in [9.17, 15) is 4.79 Å². The fraction of sp³-hybridized carbons (Fsp3) is 0. The van der Waals surface area contributed by atoms with E-state index in [1.54, 1.807) is 12.3 Å². The maximum absolute atomic E-state index is 11.0. The van der Waals surface area contributed by atoms with Crippen LogP contribution in [0.1, 0.15) is 10.4 Å². The predicted octanol–water partition coefficient (Wildman–Crippen LogP) is 3.46. The van der Waals surface area contributed by atoms with Crippen molar-refractivity contribution in [2.75, 3.05) is 11.1 Å². The standard InChI is InChI=1S/C15H12N2O3/c16-11-6-5-9(15(18)19)7-12(11)17-13-8-20-14-4-2-1-3-10(13)14/h1-8,17H,16H2,(H,18,19). The van der Waals surface area contributed by atoms with Crippen LogP contribution in [0.15, 0.2) is 53.1 Å². The molecule has 100 valence electrons. The Morgan fingerprint density at radius 3 is 2.75 bits per heavy atom. The molecule has 0 aliphatic carbocycles. The number of aromatic carboxylic acids is 1. The van der Waals surface area contributed by atoms with Crippen molar-refractivity contribution in [3.05, 3.63) is 54.3 Å². The first-order valence-corrected chi connectivity index (χ1v) is 6.01. The van der Waals surface area contributed by atoms with E-state index < -0.39 is 5.97 Å². The van der Waals surface area contributed by atoms with Crippen molar-refractivity contribution in [3.8, 4) is 0 Å². The zero-order valence-electron chi connectivity index (χ0n) is 10.5. The third kappa shape index (κ3) is 2.05. The number of furan rings is 1. The summed E-state index contributed by atoms with van der Waals surface area (Å²) >= 11 is 0. The minimum atomic E-state index is -0.995. The molecular weight excluding hydrogens is 256 g/mol. The quantitative estimate of drug-likeness (QED) is 0.633. The van der Waals surface area contributed by atoms with Gasteiger partial charge in [0.15, 0.2) is 0 Å². The van der Waals surface area contributed by atoms with Crippen LogP contribution in [-0.4, -0.2) is 11.1 Å². The number of nitrogen functional groups attached to an aromatic ring is 1. The van der Waals surface area contributed by atoms with Crippen LogP contribution in [0.3, 0.4) is 0 Å². The molecule has 0 unspecified atom stereocenters. The van der Waals surface area contributed by atoms with E-state index in [1.165, 1.54) is 12.1 Å². The molecule has 0 saturated heterocycles. The first-order valence-electron chi connectivity index (χ1n) is 6.01. The van der Waals surface area contributed by atoms with Crippen molar-refractivity contribution in [1.29, 1.82) is 0 Å². The van der Waals surface area contributed by atoms with Gasteiger partial charge in [0.2, 0.25) is 0 Å². The number of anilines is 3. The van der Waals surface area contributed by atoms with E-state index in [-0.39, 0.29) is 5.56 Å². The number of hydrogen-bond acceptors (Lipinski definition) is 4. The summed E-state index contributed by atoms with van der Waals surface area (Å²) in [6, 6.07) is 12.1. The van der Waals surface area contributed by atoms with Gasteiger partial charge >= 0.3 is 5.97 Å². The van der Waals surface area contributed by atoms with Crippen LogP contribution in [0.4, 0.5) is 17.1 Å². The Morgan fingerprint density at radius 1 is 1.15 bits per heavy atom.